The fraction of sp³-hybridized carbons (Fsp3) is 0.172. The first-order valence-electron chi connectivity index (χ1n) is 11.8. The topological polar surface area (TPSA) is 102 Å². The number of amides is 1. The Morgan fingerprint density at radius 1 is 1.03 bits per heavy atom. The number of hydrogen-bond donors (Lipinski definition) is 1. The lowest BCUT2D eigenvalue weighted by Gasteiger charge is -2.27. The first kappa shape index (κ1) is 24.0. The Morgan fingerprint density at radius 2 is 1.78 bits per heavy atom. The van der Waals surface area contributed by atoms with E-state index in [1.165, 1.54) is 18.2 Å². The van der Waals surface area contributed by atoms with Crippen LogP contribution in [-0.4, -0.2) is 50.9 Å². The molecule has 0 bridgehead atoms. The van der Waals surface area contributed by atoms with Crippen LogP contribution >= 0.6 is 0 Å². The number of carbonyl (C=O) groups is 3. The van der Waals surface area contributed by atoms with E-state index in [2.05, 4.69) is 4.98 Å². The van der Waals surface area contributed by atoms with Crippen LogP contribution in [0.15, 0.2) is 90.6 Å². The van der Waals surface area contributed by atoms with Crippen LogP contribution < -0.4 is 0 Å². The van der Waals surface area contributed by atoms with Crippen molar-refractivity contribution in [3.63, 3.8) is 0 Å². The van der Waals surface area contributed by atoms with E-state index >= 15 is 0 Å². The first-order chi connectivity index (χ1) is 17.9. The number of benzene rings is 2. The number of Topliss-reactive ketones (excluding diaryl/α,β-unsaturated/α-hetero) is 1. The van der Waals surface area contributed by atoms with Crippen molar-refractivity contribution in [1.29, 1.82) is 0 Å². The van der Waals surface area contributed by atoms with Gasteiger partial charge in [0.15, 0.2) is 11.5 Å². The van der Waals surface area contributed by atoms with Gasteiger partial charge in [-0.1, -0.05) is 30.3 Å². The van der Waals surface area contributed by atoms with Crippen LogP contribution in [0.5, 0.6) is 0 Å². The fourth-order valence-corrected chi connectivity index (χ4v) is 4.90. The lowest BCUT2D eigenvalue weighted by Crippen LogP contribution is -2.33. The van der Waals surface area contributed by atoms with Gasteiger partial charge in [-0.25, -0.2) is 4.79 Å². The molecular formula is C29H25N3O5. The number of esters is 1. The molecule has 1 N–H and O–H groups in total. The standard InChI is InChI=1S/C29H25N3O5/c1-31-17-21(22-7-3-4-8-23(22)31)13-15-32-25(18-9-11-19(12-10-18)29(36)37-2)24(27(34)28(32)35)26(33)20-6-5-14-30-16-20/h3-12,14,16-17,25,34H,13,15H2,1-2H3. The highest BCUT2D eigenvalue weighted by Gasteiger charge is 2.43. The molecule has 0 radical (unpaired) electrons. The maximum absolute atomic E-state index is 13.5. The van der Waals surface area contributed by atoms with Gasteiger partial charge in [0.2, 0.25) is 0 Å². The van der Waals surface area contributed by atoms with Crippen LogP contribution in [0.3, 0.4) is 0 Å². The maximum atomic E-state index is 13.5. The molecule has 37 heavy (non-hydrogen) atoms. The zero-order valence-electron chi connectivity index (χ0n) is 20.4. The van der Waals surface area contributed by atoms with E-state index in [4.69, 9.17) is 4.74 Å². The number of rotatable bonds is 7. The van der Waals surface area contributed by atoms with E-state index in [1.54, 1.807) is 42.6 Å². The van der Waals surface area contributed by atoms with Gasteiger partial charge in [-0.15, -0.1) is 0 Å². The number of aryl methyl sites for hydroxylation is 1. The number of carbonyl (C=O) groups excluding carboxylic acids is 3. The van der Waals surface area contributed by atoms with Gasteiger partial charge < -0.3 is 19.3 Å². The van der Waals surface area contributed by atoms with Crippen LogP contribution in [0.2, 0.25) is 0 Å². The smallest absolute Gasteiger partial charge is 0.337 e. The Balaban J connectivity index is 1.53. The van der Waals surface area contributed by atoms with E-state index < -0.39 is 29.5 Å². The number of ketones is 1. The Bertz CT molecular complexity index is 1540. The highest BCUT2D eigenvalue weighted by molar-refractivity contribution is 6.16. The average molecular weight is 496 g/mol. The van der Waals surface area contributed by atoms with Gasteiger partial charge in [0.05, 0.1) is 24.3 Å². The summed E-state index contributed by atoms with van der Waals surface area (Å²) in [6.07, 6.45) is 5.50. The van der Waals surface area contributed by atoms with E-state index in [-0.39, 0.29) is 17.7 Å². The summed E-state index contributed by atoms with van der Waals surface area (Å²) in [5.41, 5.74) is 3.32. The molecule has 0 spiro atoms. The van der Waals surface area contributed by atoms with Crippen molar-refractivity contribution >= 4 is 28.6 Å². The SMILES string of the molecule is COC(=O)c1ccc(C2C(C(=O)c3cccnc3)=C(O)C(=O)N2CCc2cn(C)c3ccccc23)cc1. The second kappa shape index (κ2) is 9.73. The van der Waals surface area contributed by atoms with Crippen molar-refractivity contribution in [2.75, 3.05) is 13.7 Å². The summed E-state index contributed by atoms with van der Waals surface area (Å²) in [7, 11) is 3.27. The van der Waals surface area contributed by atoms with Gasteiger partial charge in [0.1, 0.15) is 0 Å². The number of para-hydroxylation sites is 1. The van der Waals surface area contributed by atoms with E-state index in [1.807, 2.05) is 42.1 Å². The zero-order chi connectivity index (χ0) is 26.1. The normalized spacial score (nSPS) is 15.5. The number of pyridine rings is 1. The summed E-state index contributed by atoms with van der Waals surface area (Å²) >= 11 is 0. The minimum absolute atomic E-state index is 0.0123. The fourth-order valence-electron chi connectivity index (χ4n) is 4.90. The molecule has 0 saturated carbocycles. The number of fused-ring (bicyclic) bond motifs is 1. The summed E-state index contributed by atoms with van der Waals surface area (Å²) < 4.78 is 6.82. The molecular weight excluding hydrogens is 470 g/mol. The van der Waals surface area contributed by atoms with Gasteiger partial charge >= 0.3 is 5.97 Å². The lowest BCUT2D eigenvalue weighted by atomic mass is 9.92. The number of hydrogen-bond acceptors (Lipinski definition) is 6. The highest BCUT2D eigenvalue weighted by atomic mass is 16.5. The molecule has 1 aliphatic rings. The first-order valence-corrected chi connectivity index (χ1v) is 11.8. The molecule has 8 nitrogen and oxygen atoms in total. The van der Waals surface area contributed by atoms with Gasteiger partial charge in [-0.05, 0) is 47.9 Å². The molecule has 1 unspecified atom stereocenters. The number of methoxy groups -OCH3 is 1. The molecule has 0 saturated heterocycles. The molecule has 186 valence electrons. The minimum Gasteiger partial charge on any atom is -0.503 e. The highest BCUT2D eigenvalue weighted by Crippen LogP contribution is 2.39. The second-order valence-corrected chi connectivity index (χ2v) is 8.88. The Labute approximate surface area is 213 Å². The lowest BCUT2D eigenvalue weighted by molar-refractivity contribution is -0.129. The van der Waals surface area contributed by atoms with Crippen molar-refractivity contribution in [2.24, 2.45) is 7.05 Å². The molecule has 1 amide bonds. The predicted octanol–water partition coefficient (Wildman–Crippen LogP) is 4.18. The molecule has 0 fully saturated rings. The molecule has 2 aromatic heterocycles. The van der Waals surface area contributed by atoms with E-state index in [9.17, 15) is 19.5 Å². The Hall–Kier alpha value is -4.72. The summed E-state index contributed by atoms with van der Waals surface area (Å²) in [5.74, 6) is -2.16. The third kappa shape index (κ3) is 4.27. The molecule has 1 atom stereocenters. The van der Waals surface area contributed by atoms with Gasteiger partial charge in [-0.2, -0.15) is 0 Å². The summed E-state index contributed by atoms with van der Waals surface area (Å²) in [6.45, 7) is 0.268. The molecule has 1 aliphatic heterocycles. The van der Waals surface area contributed by atoms with Crippen LogP contribution in [0.4, 0.5) is 0 Å². The Morgan fingerprint density at radius 3 is 2.49 bits per heavy atom. The number of nitrogens with zero attached hydrogens (tertiary/aromatic N) is 3. The molecule has 8 heteroatoms. The van der Waals surface area contributed by atoms with E-state index in [0.717, 1.165) is 16.5 Å². The van der Waals surface area contributed by atoms with Crippen molar-refractivity contribution in [3.8, 4) is 0 Å². The molecule has 5 rings (SSSR count). The van der Waals surface area contributed by atoms with E-state index in [0.29, 0.717) is 17.5 Å². The number of aliphatic hydroxyl groups is 1. The maximum Gasteiger partial charge on any atom is 0.337 e. The van der Waals surface area contributed by atoms with Gasteiger partial charge in [0.25, 0.3) is 5.91 Å². The number of aliphatic hydroxyl groups excluding tert-OH is 1. The molecule has 2 aromatic carbocycles. The van der Waals surface area contributed by atoms with Crippen LogP contribution in [0.1, 0.15) is 37.9 Å². The summed E-state index contributed by atoms with van der Waals surface area (Å²) in [6, 6.07) is 16.9. The van der Waals surface area contributed by atoms with Gasteiger partial charge in [0, 0.05) is 48.6 Å². The number of ether oxygens (including phenoxy) is 1. The predicted molar refractivity (Wildman–Crippen MR) is 137 cm³/mol. The summed E-state index contributed by atoms with van der Waals surface area (Å²) in [4.78, 5) is 44.3. The van der Waals surface area contributed by atoms with Gasteiger partial charge in [-0.3, -0.25) is 14.6 Å². The van der Waals surface area contributed by atoms with Crippen LogP contribution in [-0.2, 0) is 23.0 Å². The van der Waals surface area contributed by atoms with Crippen molar-refractivity contribution in [3.05, 3.63) is 113 Å². The largest absolute Gasteiger partial charge is 0.503 e. The van der Waals surface area contributed by atoms with Crippen LogP contribution in [0, 0.1) is 0 Å². The molecule has 4 aromatic rings. The zero-order valence-corrected chi connectivity index (χ0v) is 20.4. The quantitative estimate of drug-likeness (QED) is 0.305. The monoisotopic (exact) mass is 495 g/mol. The third-order valence-corrected chi connectivity index (χ3v) is 6.72. The number of aromatic nitrogens is 2. The third-order valence-electron chi connectivity index (χ3n) is 6.72. The second-order valence-electron chi connectivity index (χ2n) is 8.88. The molecule has 0 aliphatic carbocycles. The average Bonchev–Trinajstić information content (AvgIpc) is 3.39. The van der Waals surface area contributed by atoms with Crippen molar-refractivity contribution in [1.82, 2.24) is 14.5 Å². The summed E-state index contributed by atoms with van der Waals surface area (Å²) in [5, 5.41) is 12.0. The van der Waals surface area contributed by atoms with Crippen LogP contribution in [0.25, 0.3) is 10.9 Å². The Kier molecular flexibility index (Phi) is 6.31. The minimum atomic E-state index is -0.832. The van der Waals surface area contributed by atoms with Crippen molar-refractivity contribution < 1.29 is 24.2 Å². The van der Waals surface area contributed by atoms with Crippen molar-refractivity contribution in [2.45, 2.75) is 12.5 Å². The molecule has 3 heterocycles.